The first-order valence-electron chi connectivity index (χ1n) is 10.3. The van der Waals surface area contributed by atoms with Gasteiger partial charge in [-0.2, -0.15) is 0 Å². The number of hydrogen-bond acceptors (Lipinski definition) is 8. The lowest BCUT2D eigenvalue weighted by Gasteiger charge is -2.28. The van der Waals surface area contributed by atoms with E-state index in [-0.39, 0.29) is 23.0 Å². The summed E-state index contributed by atoms with van der Waals surface area (Å²) in [6.45, 7) is 2.52. The van der Waals surface area contributed by atoms with E-state index in [1.807, 2.05) is 0 Å². The van der Waals surface area contributed by atoms with Gasteiger partial charge in [-0.3, -0.25) is 4.99 Å². The predicted molar refractivity (Wildman–Crippen MR) is 126 cm³/mol. The lowest BCUT2D eigenvalue weighted by atomic mass is 10.1. The van der Waals surface area contributed by atoms with Gasteiger partial charge in [0.1, 0.15) is 27.8 Å². The maximum atomic E-state index is 14.7. The van der Waals surface area contributed by atoms with Crippen LogP contribution in [0.25, 0.3) is 22.7 Å². The summed E-state index contributed by atoms with van der Waals surface area (Å²) in [5.41, 5.74) is 7.24. The molecule has 2 aromatic heterocycles. The Morgan fingerprint density at radius 1 is 1.20 bits per heavy atom. The number of nitrogens with two attached hydrogens (primary N) is 1. The molecule has 188 valence electrons. The van der Waals surface area contributed by atoms with Crippen LogP contribution < -0.4 is 10.5 Å². The minimum atomic E-state index is -3.04. The first kappa shape index (κ1) is 26.1. The number of ether oxygens (including phenoxy) is 1. The number of nitrogens with zero attached hydrogens (tertiary/aromatic N) is 5. The van der Waals surface area contributed by atoms with Gasteiger partial charge in [0.05, 0.1) is 27.9 Å². The van der Waals surface area contributed by atoms with Crippen LogP contribution in [-0.4, -0.2) is 57.0 Å². The van der Waals surface area contributed by atoms with Crippen molar-refractivity contribution >= 4 is 15.6 Å². The van der Waals surface area contributed by atoms with Gasteiger partial charge in [0.2, 0.25) is 5.88 Å². The molecule has 0 aliphatic heterocycles. The molecule has 0 bridgehead atoms. The van der Waals surface area contributed by atoms with Gasteiger partial charge < -0.3 is 15.0 Å². The fourth-order valence-corrected chi connectivity index (χ4v) is 5.17. The molecular formula is C22H25F3N6O3S. The molecule has 1 aromatic carbocycles. The van der Waals surface area contributed by atoms with Gasteiger partial charge >= 0.3 is 0 Å². The van der Waals surface area contributed by atoms with E-state index in [1.54, 1.807) is 19.9 Å². The molecule has 0 spiro atoms. The minimum absolute atomic E-state index is 0.0532. The molecule has 0 radical (unpaired) electrons. The molecule has 3 aromatic rings. The number of hydrogen-bond donors (Lipinski definition) is 1. The number of aliphatic imine (C=N–C) groups is 1. The van der Waals surface area contributed by atoms with Crippen molar-refractivity contribution in [2.24, 2.45) is 15.1 Å². The summed E-state index contributed by atoms with van der Waals surface area (Å²) in [5, 5.41) is 3.94. The monoisotopic (exact) mass is 510 g/mol. The van der Waals surface area contributed by atoms with Crippen molar-refractivity contribution < 1.29 is 26.6 Å². The fraction of sp³-hybridized carbons (Fsp3) is 0.364. The summed E-state index contributed by atoms with van der Waals surface area (Å²) >= 11 is 0. The van der Waals surface area contributed by atoms with E-state index < -0.39 is 33.3 Å². The molecule has 0 saturated heterocycles. The average Bonchev–Trinajstić information content (AvgIpc) is 3.34. The van der Waals surface area contributed by atoms with Crippen LogP contribution in [0, 0.1) is 5.82 Å². The molecule has 0 saturated carbocycles. The molecule has 9 nitrogen and oxygen atoms in total. The van der Waals surface area contributed by atoms with E-state index in [2.05, 4.69) is 24.5 Å². The lowest BCUT2D eigenvalue weighted by Crippen LogP contribution is -2.45. The quantitative estimate of drug-likeness (QED) is 0.341. The van der Waals surface area contributed by atoms with Crippen molar-refractivity contribution in [2.45, 2.75) is 30.8 Å². The van der Waals surface area contributed by atoms with Crippen LogP contribution in [0.1, 0.15) is 19.4 Å². The minimum Gasteiger partial charge on any atom is -0.470 e. The van der Waals surface area contributed by atoms with Crippen LogP contribution in [0.5, 0.6) is 5.88 Å². The second-order valence-corrected chi connectivity index (χ2v) is 10.9. The average molecular weight is 511 g/mol. The summed E-state index contributed by atoms with van der Waals surface area (Å²) in [6.07, 6.45) is -0.129. The highest BCUT2D eigenvalue weighted by atomic mass is 32.2. The fourth-order valence-electron chi connectivity index (χ4n) is 3.16. The maximum absolute atomic E-state index is 14.7. The lowest BCUT2D eigenvalue weighted by molar-refractivity contribution is 0.0794. The Morgan fingerprint density at radius 2 is 1.94 bits per heavy atom. The van der Waals surface area contributed by atoms with E-state index in [0.717, 1.165) is 0 Å². The van der Waals surface area contributed by atoms with Crippen LogP contribution in [0.4, 0.5) is 13.2 Å². The molecule has 1 unspecified atom stereocenters. The molecule has 1 atom stereocenters. The topological polar surface area (TPSA) is 129 Å². The van der Waals surface area contributed by atoms with Gasteiger partial charge in [-0.25, -0.2) is 31.7 Å². The van der Waals surface area contributed by atoms with E-state index in [9.17, 15) is 17.4 Å². The standard InChI is InChI=1S/C22H25F3N6O3S/c1-22(2,21(26)27-3)35(32,28-4)12-14-7-13(5-6-15(14)23)18-8-16(31-34-18)17-9-30-20(10-29-17)33-11-19(24)25/h5-10,19H,11-12H2,1-4H3,(H2,26,27). The molecule has 0 amide bonds. The normalized spacial score (nSPS) is 14.1. The van der Waals surface area contributed by atoms with E-state index >= 15 is 0 Å². The molecule has 0 aliphatic rings. The number of halogens is 3. The molecule has 35 heavy (non-hydrogen) atoms. The molecular weight excluding hydrogens is 485 g/mol. The Morgan fingerprint density at radius 3 is 2.54 bits per heavy atom. The van der Waals surface area contributed by atoms with Crippen LogP contribution >= 0.6 is 0 Å². The first-order valence-corrected chi connectivity index (χ1v) is 12.0. The van der Waals surface area contributed by atoms with Gasteiger partial charge in [0.25, 0.3) is 6.43 Å². The highest BCUT2D eigenvalue weighted by molar-refractivity contribution is 7.95. The van der Waals surface area contributed by atoms with Crippen LogP contribution in [0.2, 0.25) is 0 Å². The van der Waals surface area contributed by atoms with Gasteiger partial charge in [-0.1, -0.05) is 5.16 Å². The molecule has 0 aliphatic carbocycles. The summed E-state index contributed by atoms with van der Waals surface area (Å²) in [7, 11) is -0.142. The number of aromatic nitrogens is 3. The van der Waals surface area contributed by atoms with Crippen molar-refractivity contribution in [3.05, 3.63) is 48.0 Å². The third-order valence-corrected chi connectivity index (χ3v) is 8.49. The van der Waals surface area contributed by atoms with E-state index in [0.29, 0.717) is 22.7 Å². The number of alkyl halides is 2. The van der Waals surface area contributed by atoms with E-state index in [4.69, 9.17) is 15.0 Å². The molecule has 13 heteroatoms. The van der Waals surface area contributed by atoms with Gasteiger partial charge in [0, 0.05) is 31.3 Å². The van der Waals surface area contributed by atoms with Crippen molar-refractivity contribution in [2.75, 3.05) is 20.7 Å². The SMILES string of the molecule is CN=C(N)C(C)(C)S(=O)(Cc1cc(-c2cc(-c3cnc(OCC(F)F)cn3)no2)ccc1F)=NC. The zero-order valence-corrected chi connectivity index (χ0v) is 20.4. The molecule has 3 rings (SSSR count). The maximum Gasteiger partial charge on any atom is 0.272 e. The smallest absolute Gasteiger partial charge is 0.272 e. The summed E-state index contributed by atoms with van der Waals surface area (Å²) in [5.74, 6) is -0.356. The number of rotatable bonds is 9. The summed E-state index contributed by atoms with van der Waals surface area (Å²) in [4.78, 5) is 11.9. The van der Waals surface area contributed by atoms with Crippen molar-refractivity contribution in [1.29, 1.82) is 0 Å². The Hall–Kier alpha value is -3.48. The largest absolute Gasteiger partial charge is 0.470 e. The Bertz CT molecular complexity index is 1330. The van der Waals surface area contributed by atoms with Crippen molar-refractivity contribution in [3.63, 3.8) is 0 Å². The Kier molecular flexibility index (Phi) is 7.78. The zero-order valence-electron chi connectivity index (χ0n) is 19.5. The second kappa shape index (κ2) is 10.4. The predicted octanol–water partition coefficient (Wildman–Crippen LogP) is 3.95. The van der Waals surface area contributed by atoms with Crippen molar-refractivity contribution in [1.82, 2.24) is 15.1 Å². The number of benzene rings is 1. The second-order valence-electron chi connectivity index (χ2n) is 7.91. The van der Waals surface area contributed by atoms with Crippen LogP contribution in [0.15, 0.2) is 50.5 Å². The number of amidine groups is 1. The highest BCUT2D eigenvalue weighted by Gasteiger charge is 2.36. The van der Waals surface area contributed by atoms with Gasteiger partial charge in [-0.05, 0) is 32.0 Å². The zero-order chi connectivity index (χ0) is 25.8. The van der Waals surface area contributed by atoms with Gasteiger partial charge in [0.15, 0.2) is 12.4 Å². The van der Waals surface area contributed by atoms with Crippen molar-refractivity contribution in [3.8, 4) is 28.6 Å². The van der Waals surface area contributed by atoms with E-state index in [1.165, 1.54) is 44.7 Å². The highest BCUT2D eigenvalue weighted by Crippen LogP contribution is 2.30. The van der Waals surface area contributed by atoms with Crippen LogP contribution in [-0.2, 0) is 15.5 Å². The summed E-state index contributed by atoms with van der Waals surface area (Å²) in [6, 6.07) is 5.80. The Labute approximate surface area is 200 Å². The first-order chi connectivity index (χ1) is 16.5. The molecule has 2 heterocycles. The third kappa shape index (κ3) is 5.61. The third-order valence-electron chi connectivity index (χ3n) is 5.39. The molecule has 2 N–H and O–H groups in total. The van der Waals surface area contributed by atoms with Gasteiger partial charge in [-0.15, -0.1) is 0 Å². The summed E-state index contributed by atoms with van der Waals surface area (Å²) < 4.78 is 66.0. The van der Waals surface area contributed by atoms with Crippen LogP contribution in [0.3, 0.4) is 0 Å². The Balaban J connectivity index is 1.88. The molecule has 0 fully saturated rings.